The van der Waals surface area contributed by atoms with Gasteiger partial charge in [0.2, 0.25) is 0 Å². The molecule has 2 rings (SSSR count). The Morgan fingerprint density at radius 3 is 2.90 bits per heavy atom. The van der Waals surface area contributed by atoms with E-state index in [0.29, 0.717) is 0 Å². The minimum Gasteiger partial charge on any atom is -0.366 e. The van der Waals surface area contributed by atoms with Crippen LogP contribution in [0.3, 0.4) is 0 Å². The molecule has 1 atom stereocenters. The average Bonchev–Trinajstić information content (AvgIpc) is 2.71. The normalized spacial score (nSPS) is 22.7. The van der Waals surface area contributed by atoms with E-state index in [1.54, 1.807) is 6.07 Å². The van der Waals surface area contributed by atoms with Gasteiger partial charge in [0, 0.05) is 0 Å². The fraction of sp³-hybridized carbons (Fsp3) is 0.286. The first-order chi connectivity index (χ1) is 4.86. The summed E-state index contributed by atoms with van der Waals surface area (Å²) in [5.41, 5.74) is 0.821. The van der Waals surface area contributed by atoms with Gasteiger partial charge in [0.1, 0.15) is 11.9 Å². The van der Waals surface area contributed by atoms with Gasteiger partial charge in [-0.05, 0) is 12.1 Å². The largest absolute Gasteiger partial charge is 0.366 e. The Hall–Kier alpha value is -0.960. The van der Waals surface area contributed by atoms with Crippen molar-refractivity contribution in [3.8, 4) is 0 Å². The van der Waals surface area contributed by atoms with Crippen LogP contribution in [0.4, 0.5) is 4.39 Å². The van der Waals surface area contributed by atoms with E-state index in [2.05, 4.69) is 4.98 Å². The summed E-state index contributed by atoms with van der Waals surface area (Å²) in [5.74, 6) is -0.301. The molecule has 0 saturated carbocycles. The molecule has 1 saturated heterocycles. The summed E-state index contributed by atoms with van der Waals surface area (Å²) in [4.78, 5) is 3.84. The van der Waals surface area contributed by atoms with Crippen molar-refractivity contribution in [3.63, 3.8) is 0 Å². The van der Waals surface area contributed by atoms with Gasteiger partial charge >= 0.3 is 0 Å². The van der Waals surface area contributed by atoms with Gasteiger partial charge in [-0.3, -0.25) is 4.98 Å². The Morgan fingerprint density at radius 2 is 2.40 bits per heavy atom. The molecule has 3 heteroatoms. The number of epoxide rings is 1. The summed E-state index contributed by atoms with van der Waals surface area (Å²) in [6.07, 6.45) is 1.33. The lowest BCUT2D eigenvalue weighted by Crippen LogP contribution is -1.86. The van der Waals surface area contributed by atoms with Crippen LogP contribution in [0.5, 0.6) is 0 Å². The molecule has 0 radical (unpaired) electrons. The van der Waals surface area contributed by atoms with E-state index in [-0.39, 0.29) is 11.9 Å². The number of ether oxygens (including phenoxy) is 1. The fourth-order valence-corrected chi connectivity index (χ4v) is 0.797. The van der Waals surface area contributed by atoms with Gasteiger partial charge in [0.05, 0.1) is 18.5 Å². The molecule has 1 aromatic rings. The van der Waals surface area contributed by atoms with Crippen LogP contribution in [0.15, 0.2) is 18.3 Å². The molecule has 0 aromatic carbocycles. The van der Waals surface area contributed by atoms with E-state index < -0.39 is 0 Å². The average molecular weight is 139 g/mol. The van der Waals surface area contributed by atoms with Gasteiger partial charge in [0.15, 0.2) is 0 Å². The Labute approximate surface area is 57.7 Å². The summed E-state index contributed by atoms with van der Waals surface area (Å²) in [5, 5.41) is 0. The van der Waals surface area contributed by atoms with Crippen molar-refractivity contribution in [1.29, 1.82) is 0 Å². The number of aromatic nitrogens is 1. The SMILES string of the molecule is Fc1ccc([C@H]2CO2)nc1. The molecule has 10 heavy (non-hydrogen) atoms. The van der Waals surface area contributed by atoms with Crippen LogP contribution in [-0.4, -0.2) is 11.6 Å². The Balaban J connectivity index is 2.28. The first-order valence-corrected chi connectivity index (χ1v) is 3.09. The molecule has 1 fully saturated rings. The predicted octanol–water partition coefficient (Wildman–Crippen LogP) is 1.29. The lowest BCUT2D eigenvalue weighted by atomic mass is 10.3. The molecule has 0 unspecified atom stereocenters. The van der Waals surface area contributed by atoms with E-state index in [9.17, 15) is 4.39 Å². The molecule has 1 aromatic heterocycles. The molecule has 1 aliphatic rings. The van der Waals surface area contributed by atoms with Crippen LogP contribution in [0, 0.1) is 5.82 Å². The summed E-state index contributed by atoms with van der Waals surface area (Å²) < 4.78 is 17.2. The minimum atomic E-state index is -0.301. The number of rotatable bonds is 1. The van der Waals surface area contributed by atoms with Crippen LogP contribution in [0.2, 0.25) is 0 Å². The minimum absolute atomic E-state index is 0.126. The van der Waals surface area contributed by atoms with E-state index in [0.717, 1.165) is 12.3 Å². The number of pyridine rings is 1. The first kappa shape index (κ1) is 5.80. The third-order valence-corrected chi connectivity index (χ3v) is 1.41. The second kappa shape index (κ2) is 2.02. The molecular formula is C7H6FNO. The van der Waals surface area contributed by atoms with Crippen LogP contribution in [0.1, 0.15) is 11.8 Å². The van der Waals surface area contributed by atoms with E-state index >= 15 is 0 Å². The zero-order valence-electron chi connectivity index (χ0n) is 5.25. The highest BCUT2D eigenvalue weighted by Crippen LogP contribution is 2.27. The van der Waals surface area contributed by atoms with E-state index in [4.69, 9.17) is 4.74 Å². The molecule has 2 nitrogen and oxygen atoms in total. The summed E-state index contributed by atoms with van der Waals surface area (Å²) in [6.45, 7) is 0.721. The second-order valence-corrected chi connectivity index (χ2v) is 2.22. The molecule has 0 amide bonds. The van der Waals surface area contributed by atoms with Crippen molar-refractivity contribution in [2.45, 2.75) is 6.10 Å². The molecule has 1 aliphatic heterocycles. The van der Waals surface area contributed by atoms with Crippen molar-refractivity contribution >= 4 is 0 Å². The van der Waals surface area contributed by atoms with Gasteiger partial charge in [-0.25, -0.2) is 4.39 Å². The predicted molar refractivity (Wildman–Crippen MR) is 32.9 cm³/mol. The van der Waals surface area contributed by atoms with Crippen LogP contribution in [0.25, 0.3) is 0 Å². The molecule has 0 bridgehead atoms. The topological polar surface area (TPSA) is 25.4 Å². The highest BCUT2D eigenvalue weighted by molar-refractivity contribution is 5.11. The maximum absolute atomic E-state index is 12.3. The third kappa shape index (κ3) is 0.998. The monoisotopic (exact) mass is 139 g/mol. The Morgan fingerprint density at radius 1 is 1.60 bits per heavy atom. The maximum Gasteiger partial charge on any atom is 0.141 e. The summed E-state index contributed by atoms with van der Waals surface area (Å²) in [6, 6.07) is 3.04. The second-order valence-electron chi connectivity index (χ2n) is 2.22. The molecule has 0 N–H and O–H groups in total. The third-order valence-electron chi connectivity index (χ3n) is 1.41. The summed E-state index contributed by atoms with van der Waals surface area (Å²) >= 11 is 0. The number of nitrogens with zero attached hydrogens (tertiary/aromatic N) is 1. The van der Waals surface area contributed by atoms with E-state index in [1.807, 2.05) is 0 Å². The Bertz CT molecular complexity index is 230. The van der Waals surface area contributed by atoms with Crippen molar-refractivity contribution in [2.24, 2.45) is 0 Å². The van der Waals surface area contributed by atoms with Crippen molar-refractivity contribution in [1.82, 2.24) is 4.98 Å². The zero-order chi connectivity index (χ0) is 6.97. The van der Waals surface area contributed by atoms with Gasteiger partial charge in [0.25, 0.3) is 0 Å². The van der Waals surface area contributed by atoms with Crippen LogP contribution < -0.4 is 0 Å². The Kier molecular flexibility index (Phi) is 1.17. The zero-order valence-corrected chi connectivity index (χ0v) is 5.25. The molecular weight excluding hydrogens is 133 g/mol. The maximum atomic E-state index is 12.3. The van der Waals surface area contributed by atoms with Crippen molar-refractivity contribution in [2.75, 3.05) is 6.61 Å². The van der Waals surface area contributed by atoms with Gasteiger partial charge in [-0.2, -0.15) is 0 Å². The highest BCUT2D eigenvalue weighted by Gasteiger charge is 2.25. The lowest BCUT2D eigenvalue weighted by molar-refractivity contribution is 0.411. The van der Waals surface area contributed by atoms with Gasteiger partial charge in [-0.1, -0.05) is 0 Å². The number of halogens is 1. The van der Waals surface area contributed by atoms with Crippen molar-refractivity contribution < 1.29 is 9.13 Å². The fourth-order valence-electron chi connectivity index (χ4n) is 0.797. The molecule has 0 aliphatic carbocycles. The van der Waals surface area contributed by atoms with Crippen LogP contribution in [-0.2, 0) is 4.74 Å². The first-order valence-electron chi connectivity index (χ1n) is 3.09. The number of hydrogen-bond donors (Lipinski definition) is 0. The smallest absolute Gasteiger partial charge is 0.141 e. The van der Waals surface area contributed by atoms with Gasteiger partial charge < -0.3 is 4.74 Å². The standard InChI is InChI=1S/C7H6FNO/c8-5-1-2-6(9-3-5)7-4-10-7/h1-3,7H,4H2/t7-/m1/s1. The van der Waals surface area contributed by atoms with Crippen LogP contribution >= 0.6 is 0 Å². The number of hydrogen-bond acceptors (Lipinski definition) is 2. The quantitative estimate of drug-likeness (QED) is 0.548. The van der Waals surface area contributed by atoms with Gasteiger partial charge in [-0.15, -0.1) is 0 Å². The van der Waals surface area contributed by atoms with Crippen molar-refractivity contribution in [3.05, 3.63) is 29.8 Å². The highest BCUT2D eigenvalue weighted by atomic mass is 19.1. The molecule has 2 heterocycles. The van der Waals surface area contributed by atoms with E-state index in [1.165, 1.54) is 12.3 Å². The summed E-state index contributed by atoms with van der Waals surface area (Å²) in [7, 11) is 0. The lowest BCUT2D eigenvalue weighted by Gasteiger charge is -1.91. The molecule has 0 spiro atoms. The molecule has 52 valence electrons.